The standard InChI is InChI=1S/C17H36/c1-9-13(5)11-17(15(7)12(3)4)16(8)14(6)10-2/h12-17H,9-11H2,1-8H3. The molecule has 0 aliphatic carbocycles. The maximum atomic E-state index is 2.49. The molecule has 0 heterocycles. The normalized spacial score (nSPS) is 21.0. The predicted molar refractivity (Wildman–Crippen MR) is 80.2 cm³/mol. The summed E-state index contributed by atoms with van der Waals surface area (Å²) in [6.07, 6.45) is 4.07. The van der Waals surface area contributed by atoms with E-state index in [1.54, 1.807) is 0 Å². The van der Waals surface area contributed by atoms with Crippen LogP contribution in [0, 0.1) is 35.5 Å². The highest BCUT2D eigenvalue weighted by Crippen LogP contribution is 2.37. The van der Waals surface area contributed by atoms with Gasteiger partial charge in [-0.05, 0) is 41.9 Å². The largest absolute Gasteiger partial charge is 0.0651 e. The van der Waals surface area contributed by atoms with Crippen molar-refractivity contribution in [3.05, 3.63) is 0 Å². The molecule has 0 N–H and O–H groups in total. The number of hydrogen-bond acceptors (Lipinski definition) is 0. The average Bonchev–Trinajstić information content (AvgIpc) is 2.32. The van der Waals surface area contributed by atoms with Crippen LogP contribution in [0.25, 0.3) is 0 Å². The molecule has 0 saturated carbocycles. The Morgan fingerprint density at radius 2 is 1.24 bits per heavy atom. The molecule has 5 atom stereocenters. The van der Waals surface area contributed by atoms with E-state index in [1.807, 2.05) is 0 Å². The molecule has 0 aromatic heterocycles. The maximum Gasteiger partial charge on any atom is -0.0355 e. The van der Waals surface area contributed by atoms with Gasteiger partial charge in [0.05, 0.1) is 0 Å². The molecule has 0 aromatic carbocycles. The summed E-state index contributed by atoms with van der Waals surface area (Å²) in [5.74, 6) is 5.19. The van der Waals surface area contributed by atoms with E-state index in [4.69, 9.17) is 0 Å². The van der Waals surface area contributed by atoms with E-state index in [-0.39, 0.29) is 0 Å². The second-order valence-electron chi connectivity index (χ2n) is 6.76. The van der Waals surface area contributed by atoms with Crippen molar-refractivity contribution in [1.29, 1.82) is 0 Å². The van der Waals surface area contributed by atoms with Gasteiger partial charge in [-0.1, -0.05) is 68.2 Å². The highest BCUT2D eigenvalue weighted by Gasteiger charge is 2.29. The monoisotopic (exact) mass is 240 g/mol. The molecule has 5 unspecified atom stereocenters. The van der Waals surface area contributed by atoms with E-state index in [0.717, 1.165) is 35.5 Å². The molecule has 0 aliphatic rings. The molecule has 0 saturated heterocycles. The van der Waals surface area contributed by atoms with Gasteiger partial charge < -0.3 is 0 Å². The zero-order valence-electron chi connectivity index (χ0n) is 13.6. The topological polar surface area (TPSA) is 0 Å². The molecular formula is C17H36. The van der Waals surface area contributed by atoms with Crippen LogP contribution < -0.4 is 0 Å². The van der Waals surface area contributed by atoms with Crippen LogP contribution >= 0.6 is 0 Å². The molecule has 0 aromatic rings. The zero-order chi connectivity index (χ0) is 13.6. The lowest BCUT2D eigenvalue weighted by Gasteiger charge is -2.36. The molecule has 0 spiro atoms. The van der Waals surface area contributed by atoms with Gasteiger partial charge >= 0.3 is 0 Å². The molecule has 0 nitrogen and oxygen atoms in total. The van der Waals surface area contributed by atoms with Gasteiger partial charge in [0.15, 0.2) is 0 Å². The minimum absolute atomic E-state index is 0.815. The molecule has 0 heteroatoms. The van der Waals surface area contributed by atoms with Crippen molar-refractivity contribution < 1.29 is 0 Å². The number of rotatable bonds is 8. The van der Waals surface area contributed by atoms with E-state index in [2.05, 4.69) is 55.4 Å². The van der Waals surface area contributed by atoms with Crippen molar-refractivity contribution in [2.24, 2.45) is 35.5 Å². The van der Waals surface area contributed by atoms with E-state index in [1.165, 1.54) is 19.3 Å². The Hall–Kier alpha value is 0. The Kier molecular flexibility index (Phi) is 8.16. The highest BCUT2D eigenvalue weighted by atomic mass is 14.3. The van der Waals surface area contributed by atoms with Gasteiger partial charge in [-0.25, -0.2) is 0 Å². The first-order valence-corrected chi connectivity index (χ1v) is 7.84. The lowest BCUT2D eigenvalue weighted by atomic mass is 9.69. The fourth-order valence-corrected chi connectivity index (χ4v) is 2.83. The third kappa shape index (κ3) is 5.44. The molecule has 0 bridgehead atoms. The molecule has 0 radical (unpaired) electrons. The van der Waals surface area contributed by atoms with Crippen molar-refractivity contribution >= 4 is 0 Å². The predicted octanol–water partition coefficient (Wildman–Crippen LogP) is 6.01. The Labute approximate surface area is 111 Å². The number of hydrogen-bond donors (Lipinski definition) is 0. The van der Waals surface area contributed by atoms with Gasteiger partial charge in [0.1, 0.15) is 0 Å². The summed E-state index contributed by atoms with van der Waals surface area (Å²) in [5, 5.41) is 0. The van der Waals surface area contributed by atoms with Crippen LogP contribution in [-0.2, 0) is 0 Å². The van der Waals surface area contributed by atoms with E-state index in [0.29, 0.717) is 0 Å². The Morgan fingerprint density at radius 3 is 1.59 bits per heavy atom. The van der Waals surface area contributed by atoms with Crippen LogP contribution in [0.1, 0.15) is 74.7 Å². The second kappa shape index (κ2) is 8.16. The second-order valence-corrected chi connectivity index (χ2v) is 6.76. The SMILES string of the molecule is CCC(C)CC(C(C)C(C)C)C(C)C(C)CC. The first kappa shape index (κ1) is 17.0. The molecular weight excluding hydrogens is 204 g/mol. The van der Waals surface area contributed by atoms with Crippen molar-refractivity contribution in [2.45, 2.75) is 74.7 Å². The molecule has 0 fully saturated rings. The average molecular weight is 240 g/mol. The Balaban J connectivity index is 4.71. The molecule has 17 heavy (non-hydrogen) atoms. The van der Waals surface area contributed by atoms with Crippen LogP contribution in [0.4, 0.5) is 0 Å². The fourth-order valence-electron chi connectivity index (χ4n) is 2.83. The van der Waals surface area contributed by atoms with Crippen molar-refractivity contribution in [3.8, 4) is 0 Å². The van der Waals surface area contributed by atoms with Crippen molar-refractivity contribution in [1.82, 2.24) is 0 Å². The molecule has 0 amide bonds. The highest BCUT2D eigenvalue weighted by molar-refractivity contribution is 4.78. The lowest BCUT2D eigenvalue weighted by Crippen LogP contribution is -2.29. The first-order valence-electron chi connectivity index (χ1n) is 7.84. The first-order chi connectivity index (χ1) is 7.84. The molecule has 0 rings (SSSR count). The molecule has 104 valence electrons. The van der Waals surface area contributed by atoms with Crippen LogP contribution in [0.5, 0.6) is 0 Å². The minimum Gasteiger partial charge on any atom is -0.0651 e. The van der Waals surface area contributed by atoms with Crippen molar-refractivity contribution in [2.75, 3.05) is 0 Å². The smallest absolute Gasteiger partial charge is 0.0355 e. The van der Waals surface area contributed by atoms with Gasteiger partial charge in [0.2, 0.25) is 0 Å². The van der Waals surface area contributed by atoms with Crippen LogP contribution in [0.3, 0.4) is 0 Å². The van der Waals surface area contributed by atoms with Gasteiger partial charge in [-0.3, -0.25) is 0 Å². The quantitative estimate of drug-likeness (QED) is 0.487. The fraction of sp³-hybridized carbons (Fsp3) is 1.00. The lowest BCUT2D eigenvalue weighted by molar-refractivity contribution is 0.129. The third-order valence-corrected chi connectivity index (χ3v) is 5.32. The van der Waals surface area contributed by atoms with E-state index in [9.17, 15) is 0 Å². The summed E-state index contributed by atoms with van der Waals surface area (Å²) in [6, 6.07) is 0. The summed E-state index contributed by atoms with van der Waals surface area (Å²) in [6.45, 7) is 19.2. The zero-order valence-corrected chi connectivity index (χ0v) is 13.6. The summed E-state index contributed by atoms with van der Waals surface area (Å²) in [5.41, 5.74) is 0. The Bertz CT molecular complexity index is 182. The summed E-state index contributed by atoms with van der Waals surface area (Å²) in [4.78, 5) is 0. The van der Waals surface area contributed by atoms with Gasteiger partial charge in [0, 0.05) is 0 Å². The molecule has 0 aliphatic heterocycles. The van der Waals surface area contributed by atoms with Gasteiger partial charge in [-0.2, -0.15) is 0 Å². The van der Waals surface area contributed by atoms with Crippen LogP contribution in [0.2, 0.25) is 0 Å². The minimum atomic E-state index is 0.815. The van der Waals surface area contributed by atoms with E-state index < -0.39 is 0 Å². The van der Waals surface area contributed by atoms with Crippen molar-refractivity contribution in [3.63, 3.8) is 0 Å². The summed E-state index contributed by atoms with van der Waals surface area (Å²) < 4.78 is 0. The Morgan fingerprint density at radius 1 is 0.706 bits per heavy atom. The van der Waals surface area contributed by atoms with E-state index >= 15 is 0 Å². The maximum absolute atomic E-state index is 2.49. The summed E-state index contributed by atoms with van der Waals surface area (Å²) >= 11 is 0. The summed E-state index contributed by atoms with van der Waals surface area (Å²) in [7, 11) is 0. The van der Waals surface area contributed by atoms with Gasteiger partial charge in [0.25, 0.3) is 0 Å². The van der Waals surface area contributed by atoms with Crippen LogP contribution in [0.15, 0.2) is 0 Å². The van der Waals surface area contributed by atoms with Gasteiger partial charge in [-0.15, -0.1) is 0 Å². The van der Waals surface area contributed by atoms with Crippen LogP contribution in [-0.4, -0.2) is 0 Å². The third-order valence-electron chi connectivity index (χ3n) is 5.32.